The molecule has 1 aliphatic heterocycles. The van der Waals surface area contributed by atoms with Crippen LogP contribution in [-0.4, -0.2) is 41.7 Å². The van der Waals surface area contributed by atoms with Crippen molar-refractivity contribution < 1.29 is 19.2 Å². The Morgan fingerprint density at radius 1 is 1.22 bits per heavy atom. The first-order valence-electron chi connectivity index (χ1n) is 11.2. The lowest BCUT2D eigenvalue weighted by molar-refractivity contribution is -0.137. The summed E-state index contributed by atoms with van der Waals surface area (Å²) >= 11 is 0. The molecule has 0 saturated carbocycles. The van der Waals surface area contributed by atoms with Crippen LogP contribution in [0.25, 0.3) is 22.2 Å². The number of hydrogen-bond donors (Lipinski definition) is 2. The Labute approximate surface area is 186 Å². The van der Waals surface area contributed by atoms with Gasteiger partial charge < -0.3 is 19.8 Å². The number of nitrogens with one attached hydrogen (secondary N) is 1. The summed E-state index contributed by atoms with van der Waals surface area (Å²) in [6, 6.07) is 9.45. The molecule has 5 rings (SSSR count). The van der Waals surface area contributed by atoms with Gasteiger partial charge in [0.2, 0.25) is 0 Å². The van der Waals surface area contributed by atoms with Crippen LogP contribution >= 0.6 is 0 Å². The van der Waals surface area contributed by atoms with Crippen LogP contribution in [-0.2, 0) is 4.79 Å². The Morgan fingerprint density at radius 2 is 1.94 bits per heavy atom. The number of piperidine rings is 1. The molecular formula is C25H27N3O4. The first-order valence-corrected chi connectivity index (χ1v) is 11.2. The van der Waals surface area contributed by atoms with Gasteiger partial charge in [-0.05, 0) is 30.7 Å². The maximum Gasteiger partial charge on any atom is 0.303 e. The van der Waals surface area contributed by atoms with Crippen molar-refractivity contribution in [1.29, 1.82) is 0 Å². The zero-order valence-electron chi connectivity index (χ0n) is 18.4. The van der Waals surface area contributed by atoms with Gasteiger partial charge in [-0.1, -0.05) is 43.3 Å². The molecule has 0 unspecified atom stereocenters. The van der Waals surface area contributed by atoms with Crippen LogP contribution in [0.3, 0.4) is 0 Å². The maximum absolute atomic E-state index is 13.5. The Morgan fingerprint density at radius 3 is 2.66 bits per heavy atom. The minimum atomic E-state index is -0.827. The average molecular weight is 434 g/mol. The summed E-state index contributed by atoms with van der Waals surface area (Å²) in [5.41, 5.74) is 4.32. The summed E-state index contributed by atoms with van der Waals surface area (Å²) in [6.07, 6.45) is 1.74. The van der Waals surface area contributed by atoms with Gasteiger partial charge in [0, 0.05) is 42.9 Å². The highest BCUT2D eigenvalue weighted by Crippen LogP contribution is 2.46. The van der Waals surface area contributed by atoms with E-state index < -0.39 is 5.97 Å². The van der Waals surface area contributed by atoms with Gasteiger partial charge in [0.15, 0.2) is 11.5 Å². The van der Waals surface area contributed by atoms with Gasteiger partial charge >= 0.3 is 5.97 Å². The third-order valence-electron chi connectivity index (χ3n) is 6.47. The molecule has 0 spiro atoms. The first kappa shape index (κ1) is 20.5. The number of carbonyl (C=O) groups excluding carboxylic acids is 1. The third-order valence-corrected chi connectivity index (χ3v) is 6.47. The van der Waals surface area contributed by atoms with E-state index >= 15 is 0 Å². The largest absolute Gasteiger partial charge is 0.481 e. The molecule has 2 aliphatic rings. The quantitative estimate of drug-likeness (QED) is 0.422. The monoisotopic (exact) mass is 433 g/mol. The molecule has 2 N–H and O–H groups in total. The topological polar surface area (TPSA) is 95.7 Å². The number of carboxylic acid groups (broad SMARTS) is 1. The van der Waals surface area contributed by atoms with Crippen molar-refractivity contribution in [3.05, 3.63) is 41.5 Å². The van der Waals surface area contributed by atoms with E-state index in [2.05, 4.69) is 29.2 Å². The second kappa shape index (κ2) is 7.97. The number of rotatable bonds is 6. The molecule has 0 radical (unpaired) electrons. The Bertz CT molecular complexity index is 1210. The molecule has 0 bridgehead atoms. The van der Waals surface area contributed by atoms with Gasteiger partial charge in [-0.3, -0.25) is 9.59 Å². The summed E-state index contributed by atoms with van der Waals surface area (Å²) in [5.74, 6) is 0.851. The van der Waals surface area contributed by atoms with E-state index in [4.69, 9.17) is 9.63 Å². The molecule has 1 fully saturated rings. The molecule has 1 aromatic heterocycles. The second-order valence-corrected chi connectivity index (χ2v) is 9.20. The SMILES string of the molecule is C[C@@H]1C[C@@H](C)CN(c2cc(NCCCC(=O)O)c3c4c(onc24)-c2ccccc2C3=O)C1. The number of aromatic nitrogens is 1. The number of aliphatic carboxylic acids is 1. The number of anilines is 2. The summed E-state index contributed by atoms with van der Waals surface area (Å²) in [4.78, 5) is 26.8. The van der Waals surface area contributed by atoms with Crippen LogP contribution in [0.1, 0.15) is 49.0 Å². The van der Waals surface area contributed by atoms with E-state index in [-0.39, 0.29) is 12.2 Å². The minimum absolute atomic E-state index is 0.0611. The van der Waals surface area contributed by atoms with E-state index in [9.17, 15) is 9.59 Å². The molecular weight excluding hydrogens is 406 g/mol. The Hall–Kier alpha value is -3.35. The van der Waals surface area contributed by atoms with E-state index in [0.717, 1.165) is 35.2 Å². The highest BCUT2D eigenvalue weighted by atomic mass is 16.5. The Kier molecular flexibility index (Phi) is 5.12. The number of ketones is 1. The number of benzene rings is 2. The molecule has 7 nitrogen and oxygen atoms in total. The number of nitrogens with zero attached hydrogens (tertiary/aromatic N) is 2. The lowest BCUT2D eigenvalue weighted by atomic mass is 9.85. The zero-order chi connectivity index (χ0) is 22.4. The molecule has 7 heteroatoms. The molecule has 0 amide bonds. The van der Waals surface area contributed by atoms with Gasteiger partial charge in [0.1, 0.15) is 5.52 Å². The third kappa shape index (κ3) is 3.42. The molecule has 3 aromatic rings. The predicted octanol–water partition coefficient (Wildman–Crippen LogP) is 4.80. The van der Waals surface area contributed by atoms with Crippen LogP contribution in [0.2, 0.25) is 0 Å². The molecule has 166 valence electrons. The summed E-state index contributed by atoms with van der Waals surface area (Å²) in [5, 5.41) is 17.5. The zero-order valence-corrected chi connectivity index (χ0v) is 18.4. The fraction of sp³-hybridized carbons (Fsp3) is 0.400. The fourth-order valence-electron chi connectivity index (χ4n) is 5.25. The highest BCUT2D eigenvalue weighted by molar-refractivity contribution is 6.28. The van der Waals surface area contributed by atoms with E-state index in [1.165, 1.54) is 6.42 Å². The van der Waals surface area contributed by atoms with Crippen molar-refractivity contribution in [3.63, 3.8) is 0 Å². The van der Waals surface area contributed by atoms with Crippen molar-refractivity contribution >= 4 is 34.0 Å². The lowest BCUT2D eigenvalue weighted by Crippen LogP contribution is -2.39. The molecule has 2 heterocycles. The maximum atomic E-state index is 13.5. The fourth-order valence-corrected chi connectivity index (χ4v) is 5.25. The van der Waals surface area contributed by atoms with Crippen molar-refractivity contribution in [2.24, 2.45) is 11.8 Å². The smallest absolute Gasteiger partial charge is 0.303 e. The Balaban J connectivity index is 1.66. The number of fused-ring (bicyclic) bond motifs is 2. The first-order chi connectivity index (χ1) is 15.4. The van der Waals surface area contributed by atoms with Crippen molar-refractivity contribution in [2.45, 2.75) is 33.1 Å². The van der Waals surface area contributed by atoms with Gasteiger partial charge in [-0.15, -0.1) is 0 Å². The van der Waals surface area contributed by atoms with Crippen LogP contribution in [0.5, 0.6) is 0 Å². The van der Waals surface area contributed by atoms with Gasteiger partial charge in [-0.2, -0.15) is 0 Å². The summed E-state index contributed by atoms with van der Waals surface area (Å²) < 4.78 is 5.83. The molecule has 32 heavy (non-hydrogen) atoms. The second-order valence-electron chi connectivity index (χ2n) is 9.20. The van der Waals surface area contributed by atoms with Crippen molar-refractivity contribution in [3.8, 4) is 11.3 Å². The number of hydrogen-bond acceptors (Lipinski definition) is 6. The number of carboxylic acids is 1. The summed E-state index contributed by atoms with van der Waals surface area (Å²) in [7, 11) is 0. The van der Waals surface area contributed by atoms with Gasteiger partial charge in [0.05, 0.1) is 16.6 Å². The molecule has 2 atom stereocenters. The molecule has 1 aliphatic carbocycles. The van der Waals surface area contributed by atoms with E-state index in [1.807, 2.05) is 30.3 Å². The van der Waals surface area contributed by atoms with Crippen LogP contribution in [0.4, 0.5) is 11.4 Å². The summed E-state index contributed by atoms with van der Waals surface area (Å²) in [6.45, 7) is 6.83. The normalized spacial score (nSPS) is 19.8. The van der Waals surface area contributed by atoms with Crippen LogP contribution in [0, 0.1) is 11.8 Å². The van der Waals surface area contributed by atoms with Crippen LogP contribution in [0.15, 0.2) is 34.9 Å². The minimum Gasteiger partial charge on any atom is -0.481 e. The lowest BCUT2D eigenvalue weighted by Gasteiger charge is -2.37. The number of carbonyl (C=O) groups is 2. The van der Waals surface area contributed by atoms with E-state index in [0.29, 0.717) is 47.4 Å². The van der Waals surface area contributed by atoms with Gasteiger partial charge in [-0.25, -0.2) is 0 Å². The predicted molar refractivity (Wildman–Crippen MR) is 123 cm³/mol. The molecule has 1 saturated heterocycles. The molecule has 2 aromatic carbocycles. The average Bonchev–Trinajstić information content (AvgIpc) is 3.19. The van der Waals surface area contributed by atoms with Crippen molar-refractivity contribution in [1.82, 2.24) is 5.16 Å². The van der Waals surface area contributed by atoms with E-state index in [1.54, 1.807) is 0 Å². The highest BCUT2D eigenvalue weighted by Gasteiger charge is 2.34. The van der Waals surface area contributed by atoms with Crippen LogP contribution < -0.4 is 10.2 Å². The van der Waals surface area contributed by atoms with Gasteiger partial charge in [0.25, 0.3) is 0 Å². The standard InChI is InChI=1S/C25H27N3O4/c1-14-10-15(2)13-28(12-14)19-11-18(26-9-5-8-20(29)30)21-22-23(19)27-32-25(22)17-7-4-3-6-16(17)24(21)31/h3-4,6-7,11,14-15,26H,5,8-10,12-13H2,1-2H3,(H,29,30)/t14-,15-/m1/s1. The van der Waals surface area contributed by atoms with Crippen molar-refractivity contribution in [2.75, 3.05) is 29.9 Å².